The molecule has 19 heavy (non-hydrogen) atoms. The molecule has 2 aliphatic carbocycles. The highest BCUT2D eigenvalue weighted by Crippen LogP contribution is 2.45. The Bertz CT molecular complexity index is 456. The number of hydrogen-bond donors (Lipinski definition) is 0. The van der Waals surface area contributed by atoms with E-state index in [-0.39, 0.29) is 5.97 Å². The van der Waals surface area contributed by atoms with Crippen molar-refractivity contribution in [3.63, 3.8) is 0 Å². The summed E-state index contributed by atoms with van der Waals surface area (Å²) >= 11 is 0. The fraction of sp³-hybridized carbons (Fsp3) is 0.733. The summed E-state index contributed by atoms with van der Waals surface area (Å²) in [5.41, 5.74) is 1.51. The van der Waals surface area contributed by atoms with E-state index in [0.29, 0.717) is 24.0 Å². The molecule has 0 N–H and O–H groups in total. The van der Waals surface area contributed by atoms with Crippen molar-refractivity contribution >= 4 is 5.97 Å². The van der Waals surface area contributed by atoms with E-state index in [4.69, 9.17) is 9.26 Å². The van der Waals surface area contributed by atoms with Crippen molar-refractivity contribution in [3.05, 3.63) is 17.0 Å². The molecule has 2 aliphatic rings. The Hall–Kier alpha value is -1.32. The Morgan fingerprint density at radius 2 is 1.95 bits per heavy atom. The van der Waals surface area contributed by atoms with E-state index in [1.807, 2.05) is 6.92 Å². The van der Waals surface area contributed by atoms with E-state index in [1.165, 1.54) is 19.3 Å². The summed E-state index contributed by atoms with van der Waals surface area (Å²) in [5.74, 6) is 1.30. The van der Waals surface area contributed by atoms with Crippen molar-refractivity contribution < 1.29 is 14.1 Å². The molecule has 4 heteroatoms. The summed E-state index contributed by atoms with van der Waals surface area (Å²) in [7, 11) is 0. The predicted molar refractivity (Wildman–Crippen MR) is 70.3 cm³/mol. The highest BCUT2D eigenvalue weighted by atomic mass is 16.5. The summed E-state index contributed by atoms with van der Waals surface area (Å²) in [6.45, 7) is 2.24. The number of carbonyl (C=O) groups excluding carboxylic acids is 1. The zero-order chi connectivity index (χ0) is 13.2. The van der Waals surface area contributed by atoms with Crippen LogP contribution in [0.1, 0.15) is 85.5 Å². The lowest BCUT2D eigenvalue weighted by Gasteiger charge is -2.20. The van der Waals surface area contributed by atoms with Gasteiger partial charge in [-0.1, -0.05) is 24.4 Å². The SMILES string of the molecule is CCOC(=O)c1c(C2CCCCC2)noc1C1CC1. The molecule has 0 saturated heterocycles. The van der Waals surface area contributed by atoms with Crippen LogP contribution in [0.4, 0.5) is 0 Å². The van der Waals surface area contributed by atoms with Crippen LogP contribution in [-0.2, 0) is 4.74 Å². The van der Waals surface area contributed by atoms with Gasteiger partial charge in [-0.05, 0) is 32.6 Å². The third-order valence-corrected chi connectivity index (χ3v) is 4.16. The minimum absolute atomic E-state index is 0.244. The Morgan fingerprint density at radius 3 is 2.58 bits per heavy atom. The van der Waals surface area contributed by atoms with Crippen molar-refractivity contribution in [2.75, 3.05) is 6.61 Å². The molecule has 104 valence electrons. The zero-order valence-electron chi connectivity index (χ0n) is 11.5. The average Bonchev–Trinajstić information content (AvgIpc) is 3.18. The molecule has 0 amide bonds. The molecule has 1 aromatic rings. The van der Waals surface area contributed by atoms with Crippen LogP contribution >= 0.6 is 0 Å². The number of rotatable bonds is 4. The minimum Gasteiger partial charge on any atom is -0.462 e. The second-order valence-electron chi connectivity index (χ2n) is 5.64. The van der Waals surface area contributed by atoms with Crippen molar-refractivity contribution in [3.8, 4) is 0 Å². The van der Waals surface area contributed by atoms with E-state index in [1.54, 1.807) is 0 Å². The molecule has 2 saturated carbocycles. The Kier molecular flexibility index (Phi) is 3.58. The summed E-state index contributed by atoms with van der Waals surface area (Å²) in [4.78, 5) is 12.2. The van der Waals surface area contributed by atoms with Crippen LogP contribution in [-0.4, -0.2) is 17.7 Å². The quantitative estimate of drug-likeness (QED) is 0.776. The third-order valence-electron chi connectivity index (χ3n) is 4.16. The van der Waals surface area contributed by atoms with Crippen LogP contribution in [0.2, 0.25) is 0 Å². The average molecular weight is 263 g/mol. The lowest BCUT2D eigenvalue weighted by molar-refractivity contribution is 0.0521. The number of carbonyl (C=O) groups is 1. The van der Waals surface area contributed by atoms with Gasteiger partial charge in [-0.3, -0.25) is 0 Å². The molecule has 4 nitrogen and oxygen atoms in total. The minimum atomic E-state index is -0.244. The maximum absolute atomic E-state index is 12.2. The van der Waals surface area contributed by atoms with Gasteiger partial charge in [0, 0.05) is 11.8 Å². The lowest BCUT2D eigenvalue weighted by atomic mass is 9.85. The van der Waals surface area contributed by atoms with Gasteiger partial charge in [-0.15, -0.1) is 0 Å². The monoisotopic (exact) mass is 263 g/mol. The summed E-state index contributed by atoms with van der Waals surface area (Å²) < 4.78 is 10.7. The molecule has 0 bridgehead atoms. The molecule has 1 heterocycles. The molecule has 0 spiro atoms. The summed E-state index contributed by atoms with van der Waals surface area (Å²) in [6, 6.07) is 0. The molecule has 0 aromatic carbocycles. The third kappa shape index (κ3) is 2.53. The fourth-order valence-electron chi connectivity index (χ4n) is 3.00. The van der Waals surface area contributed by atoms with Gasteiger partial charge in [-0.25, -0.2) is 4.79 Å². The van der Waals surface area contributed by atoms with Gasteiger partial charge < -0.3 is 9.26 Å². The molecule has 0 aliphatic heterocycles. The smallest absolute Gasteiger partial charge is 0.343 e. The van der Waals surface area contributed by atoms with Gasteiger partial charge >= 0.3 is 5.97 Å². The molecular weight excluding hydrogens is 242 g/mol. The van der Waals surface area contributed by atoms with Crippen LogP contribution in [0.5, 0.6) is 0 Å². The first-order valence-corrected chi connectivity index (χ1v) is 7.47. The lowest BCUT2D eigenvalue weighted by Crippen LogP contribution is -2.13. The predicted octanol–water partition coefficient (Wildman–Crippen LogP) is 3.78. The zero-order valence-corrected chi connectivity index (χ0v) is 11.5. The molecular formula is C15H21NO3. The molecule has 2 fully saturated rings. The van der Waals surface area contributed by atoms with E-state index < -0.39 is 0 Å². The van der Waals surface area contributed by atoms with Gasteiger partial charge in [0.05, 0.1) is 6.61 Å². The second kappa shape index (κ2) is 5.35. The highest BCUT2D eigenvalue weighted by Gasteiger charge is 2.37. The van der Waals surface area contributed by atoms with Gasteiger partial charge in [0.1, 0.15) is 11.3 Å². The van der Waals surface area contributed by atoms with E-state index in [0.717, 1.165) is 37.1 Å². The van der Waals surface area contributed by atoms with E-state index in [9.17, 15) is 4.79 Å². The Labute approximate surface area is 113 Å². The van der Waals surface area contributed by atoms with E-state index in [2.05, 4.69) is 5.16 Å². The second-order valence-corrected chi connectivity index (χ2v) is 5.64. The maximum Gasteiger partial charge on any atom is 0.343 e. The van der Waals surface area contributed by atoms with Crippen molar-refractivity contribution in [1.29, 1.82) is 0 Å². The first-order valence-electron chi connectivity index (χ1n) is 7.47. The normalized spacial score (nSPS) is 20.5. The van der Waals surface area contributed by atoms with Crippen LogP contribution in [0.15, 0.2) is 4.52 Å². The first kappa shape index (κ1) is 12.7. The van der Waals surface area contributed by atoms with Crippen LogP contribution in [0.25, 0.3) is 0 Å². The number of nitrogens with zero attached hydrogens (tertiary/aromatic N) is 1. The fourth-order valence-corrected chi connectivity index (χ4v) is 3.00. The molecule has 3 rings (SSSR count). The topological polar surface area (TPSA) is 52.3 Å². The Morgan fingerprint density at radius 1 is 1.21 bits per heavy atom. The van der Waals surface area contributed by atoms with E-state index >= 15 is 0 Å². The summed E-state index contributed by atoms with van der Waals surface area (Å²) in [5, 5.41) is 4.23. The van der Waals surface area contributed by atoms with Crippen LogP contribution < -0.4 is 0 Å². The largest absolute Gasteiger partial charge is 0.462 e. The number of esters is 1. The summed E-state index contributed by atoms with van der Waals surface area (Å²) in [6.07, 6.45) is 8.17. The van der Waals surface area contributed by atoms with Crippen molar-refractivity contribution in [2.24, 2.45) is 0 Å². The molecule has 0 unspecified atom stereocenters. The molecule has 0 radical (unpaired) electrons. The maximum atomic E-state index is 12.2. The first-order chi connectivity index (χ1) is 9.31. The van der Waals surface area contributed by atoms with Crippen molar-refractivity contribution in [1.82, 2.24) is 5.16 Å². The van der Waals surface area contributed by atoms with Gasteiger partial charge in [0.25, 0.3) is 0 Å². The molecule has 0 atom stereocenters. The van der Waals surface area contributed by atoms with Gasteiger partial charge in [0.15, 0.2) is 5.76 Å². The standard InChI is InChI=1S/C15H21NO3/c1-2-18-15(17)12-13(10-6-4-3-5-7-10)16-19-14(12)11-8-9-11/h10-11H,2-9H2,1H3. The Balaban J connectivity index is 1.91. The molecule has 1 aromatic heterocycles. The number of hydrogen-bond acceptors (Lipinski definition) is 4. The number of aromatic nitrogens is 1. The van der Waals surface area contributed by atoms with Gasteiger partial charge in [0.2, 0.25) is 0 Å². The van der Waals surface area contributed by atoms with Crippen molar-refractivity contribution in [2.45, 2.75) is 63.7 Å². The van der Waals surface area contributed by atoms with Crippen LogP contribution in [0.3, 0.4) is 0 Å². The highest BCUT2D eigenvalue weighted by molar-refractivity contribution is 5.92. The number of ether oxygens (including phenoxy) is 1. The van der Waals surface area contributed by atoms with Gasteiger partial charge in [-0.2, -0.15) is 0 Å². The van der Waals surface area contributed by atoms with Crippen LogP contribution in [0, 0.1) is 0 Å².